The fraction of sp³-hybridized carbons (Fsp3) is 0.267. The molecule has 4 heteroatoms. The topological polar surface area (TPSA) is 68.3 Å². The van der Waals surface area contributed by atoms with Gasteiger partial charge in [0.15, 0.2) is 0 Å². The fourth-order valence-electron chi connectivity index (χ4n) is 1.90. The third kappa shape index (κ3) is 3.61. The summed E-state index contributed by atoms with van der Waals surface area (Å²) in [4.78, 5) is 12.0. The minimum Gasteiger partial charge on any atom is -0.469 e. The molecule has 19 heavy (non-hydrogen) atoms. The van der Waals surface area contributed by atoms with Crippen LogP contribution in [0.3, 0.4) is 0 Å². The van der Waals surface area contributed by atoms with E-state index in [1.165, 1.54) is 0 Å². The number of anilines is 1. The van der Waals surface area contributed by atoms with Crippen LogP contribution in [0.25, 0.3) is 0 Å². The van der Waals surface area contributed by atoms with Crippen molar-refractivity contribution in [2.45, 2.75) is 19.3 Å². The van der Waals surface area contributed by atoms with Gasteiger partial charge in [0.1, 0.15) is 5.76 Å². The van der Waals surface area contributed by atoms with Crippen molar-refractivity contribution in [2.24, 2.45) is 0 Å². The Morgan fingerprint density at radius 3 is 2.89 bits per heavy atom. The van der Waals surface area contributed by atoms with Crippen molar-refractivity contribution >= 4 is 11.6 Å². The van der Waals surface area contributed by atoms with Crippen LogP contribution in [0.4, 0.5) is 5.69 Å². The van der Waals surface area contributed by atoms with Gasteiger partial charge in [-0.2, -0.15) is 0 Å². The second-order valence-corrected chi connectivity index (χ2v) is 4.51. The quantitative estimate of drug-likeness (QED) is 0.809. The van der Waals surface area contributed by atoms with Crippen molar-refractivity contribution in [1.29, 1.82) is 0 Å². The van der Waals surface area contributed by atoms with Gasteiger partial charge < -0.3 is 15.5 Å². The summed E-state index contributed by atoms with van der Waals surface area (Å²) in [5.74, 6) is 0.661. The molecule has 1 unspecified atom stereocenters. The first-order valence-electron chi connectivity index (χ1n) is 6.32. The highest BCUT2D eigenvalue weighted by atomic mass is 16.3. The van der Waals surface area contributed by atoms with Crippen molar-refractivity contribution in [2.75, 3.05) is 12.3 Å². The van der Waals surface area contributed by atoms with E-state index in [0.717, 1.165) is 11.3 Å². The highest BCUT2D eigenvalue weighted by molar-refractivity contribution is 5.83. The molecule has 0 aliphatic carbocycles. The number of rotatable bonds is 5. The number of hydrogen-bond acceptors (Lipinski definition) is 3. The normalized spacial score (nSPS) is 12.1. The summed E-state index contributed by atoms with van der Waals surface area (Å²) in [5.41, 5.74) is 7.32. The van der Waals surface area contributed by atoms with Gasteiger partial charge in [-0.1, -0.05) is 12.1 Å². The smallest absolute Gasteiger partial charge is 0.227 e. The molecule has 1 aromatic heterocycles. The van der Waals surface area contributed by atoms with E-state index in [0.29, 0.717) is 18.7 Å². The van der Waals surface area contributed by atoms with E-state index in [1.54, 1.807) is 6.26 Å². The number of nitrogens with one attached hydrogen (secondary N) is 1. The Morgan fingerprint density at radius 1 is 1.37 bits per heavy atom. The van der Waals surface area contributed by atoms with E-state index >= 15 is 0 Å². The van der Waals surface area contributed by atoms with Crippen LogP contribution in [0.2, 0.25) is 0 Å². The van der Waals surface area contributed by atoms with Crippen molar-refractivity contribution in [1.82, 2.24) is 5.32 Å². The lowest BCUT2D eigenvalue weighted by molar-refractivity contribution is -0.122. The number of amides is 1. The third-order valence-electron chi connectivity index (χ3n) is 3.05. The van der Waals surface area contributed by atoms with Gasteiger partial charge in [-0.25, -0.2) is 0 Å². The average molecular weight is 258 g/mol. The van der Waals surface area contributed by atoms with Crippen LogP contribution < -0.4 is 11.1 Å². The number of benzene rings is 1. The molecule has 1 heterocycles. The molecule has 4 nitrogen and oxygen atoms in total. The van der Waals surface area contributed by atoms with Crippen LogP contribution in [0.1, 0.15) is 24.2 Å². The van der Waals surface area contributed by atoms with Crippen LogP contribution in [0.15, 0.2) is 47.1 Å². The molecule has 0 spiro atoms. The molecule has 0 bridgehead atoms. The van der Waals surface area contributed by atoms with Gasteiger partial charge in [0.2, 0.25) is 5.91 Å². The molecule has 2 rings (SSSR count). The van der Waals surface area contributed by atoms with Gasteiger partial charge in [-0.15, -0.1) is 0 Å². The van der Waals surface area contributed by atoms with Crippen LogP contribution in [-0.2, 0) is 11.2 Å². The maximum atomic E-state index is 12.0. The van der Waals surface area contributed by atoms with Crippen LogP contribution >= 0.6 is 0 Å². The Balaban J connectivity index is 1.85. The zero-order valence-electron chi connectivity index (χ0n) is 10.9. The van der Waals surface area contributed by atoms with Gasteiger partial charge in [-0.05, 0) is 36.8 Å². The maximum Gasteiger partial charge on any atom is 0.227 e. The van der Waals surface area contributed by atoms with Crippen molar-refractivity contribution in [3.05, 3.63) is 54.0 Å². The van der Waals surface area contributed by atoms with Crippen molar-refractivity contribution < 1.29 is 9.21 Å². The first-order valence-corrected chi connectivity index (χ1v) is 6.32. The molecule has 0 aliphatic rings. The van der Waals surface area contributed by atoms with Gasteiger partial charge in [0, 0.05) is 18.7 Å². The van der Waals surface area contributed by atoms with E-state index in [9.17, 15) is 4.79 Å². The minimum atomic E-state index is -0.208. The van der Waals surface area contributed by atoms with Crippen molar-refractivity contribution in [3.63, 3.8) is 0 Å². The molecular weight excluding hydrogens is 240 g/mol. The number of nitrogen functional groups attached to an aromatic ring is 1. The maximum absolute atomic E-state index is 12.0. The summed E-state index contributed by atoms with van der Waals surface area (Å²) in [5, 5.41) is 2.90. The zero-order chi connectivity index (χ0) is 13.7. The summed E-state index contributed by atoms with van der Waals surface area (Å²) < 4.78 is 5.21. The molecule has 1 aromatic carbocycles. The molecule has 3 N–H and O–H groups in total. The predicted octanol–water partition coefficient (Wildman–Crippen LogP) is 2.32. The Hall–Kier alpha value is -2.23. The molecule has 100 valence electrons. The summed E-state index contributed by atoms with van der Waals surface area (Å²) in [6.07, 6.45) is 2.33. The highest BCUT2D eigenvalue weighted by Crippen LogP contribution is 2.17. The third-order valence-corrected chi connectivity index (χ3v) is 3.05. The lowest BCUT2D eigenvalue weighted by Gasteiger charge is -2.12. The van der Waals surface area contributed by atoms with Crippen LogP contribution in [0.5, 0.6) is 0 Å². The van der Waals surface area contributed by atoms with Gasteiger partial charge in [0.05, 0.1) is 12.2 Å². The minimum absolute atomic E-state index is 0.00263. The Morgan fingerprint density at radius 2 is 2.21 bits per heavy atom. The molecule has 0 saturated heterocycles. The molecule has 2 aromatic rings. The molecule has 0 radical (unpaired) electrons. The lowest BCUT2D eigenvalue weighted by atomic mass is 10.00. The number of carbonyl (C=O) groups is 1. The largest absolute Gasteiger partial charge is 0.469 e. The van der Waals surface area contributed by atoms with Crippen LogP contribution in [-0.4, -0.2) is 12.5 Å². The van der Waals surface area contributed by atoms with Gasteiger partial charge in [-0.3, -0.25) is 4.79 Å². The molecular formula is C15H18N2O2. The van der Waals surface area contributed by atoms with E-state index in [1.807, 2.05) is 43.3 Å². The number of furan rings is 1. The molecule has 0 fully saturated rings. The summed E-state index contributed by atoms with van der Waals surface area (Å²) >= 11 is 0. The zero-order valence-corrected chi connectivity index (χ0v) is 10.9. The molecule has 1 atom stereocenters. The Kier molecular flexibility index (Phi) is 4.23. The lowest BCUT2D eigenvalue weighted by Crippen LogP contribution is -2.29. The van der Waals surface area contributed by atoms with Gasteiger partial charge in [0.25, 0.3) is 0 Å². The van der Waals surface area contributed by atoms with E-state index in [2.05, 4.69) is 5.32 Å². The first kappa shape index (κ1) is 13.2. The number of nitrogens with two attached hydrogens (primary N) is 1. The summed E-state index contributed by atoms with van der Waals surface area (Å²) in [7, 11) is 0. The fourth-order valence-corrected chi connectivity index (χ4v) is 1.90. The number of hydrogen-bond donors (Lipinski definition) is 2. The average Bonchev–Trinajstić information content (AvgIpc) is 2.91. The van der Waals surface area contributed by atoms with E-state index < -0.39 is 0 Å². The van der Waals surface area contributed by atoms with Crippen molar-refractivity contribution in [3.8, 4) is 0 Å². The second kappa shape index (κ2) is 6.09. The van der Waals surface area contributed by atoms with E-state index in [4.69, 9.17) is 10.2 Å². The SMILES string of the molecule is CC(C(=O)NCCc1ccco1)c1cccc(N)c1. The Labute approximate surface area is 112 Å². The van der Waals surface area contributed by atoms with Crippen LogP contribution in [0, 0.1) is 0 Å². The Bertz CT molecular complexity index is 535. The predicted molar refractivity (Wildman–Crippen MR) is 74.7 cm³/mol. The molecule has 0 aliphatic heterocycles. The summed E-state index contributed by atoms with van der Waals surface area (Å²) in [6.45, 7) is 2.44. The first-order chi connectivity index (χ1) is 9.16. The van der Waals surface area contributed by atoms with Gasteiger partial charge >= 0.3 is 0 Å². The molecule has 1 amide bonds. The summed E-state index contributed by atoms with van der Waals surface area (Å²) in [6, 6.07) is 11.1. The highest BCUT2D eigenvalue weighted by Gasteiger charge is 2.14. The monoisotopic (exact) mass is 258 g/mol. The second-order valence-electron chi connectivity index (χ2n) is 4.51. The number of carbonyl (C=O) groups excluding carboxylic acids is 1. The standard InChI is InChI=1S/C15H18N2O2/c1-11(12-4-2-5-13(16)10-12)15(18)17-8-7-14-6-3-9-19-14/h2-6,9-11H,7-8,16H2,1H3,(H,17,18). The van der Waals surface area contributed by atoms with E-state index in [-0.39, 0.29) is 11.8 Å². The molecule has 0 saturated carbocycles.